The molecule has 0 fully saturated rings. The van der Waals surface area contributed by atoms with Gasteiger partial charge in [-0.05, 0) is 32.2 Å². The summed E-state index contributed by atoms with van der Waals surface area (Å²) in [4.78, 5) is 25.3. The molecule has 0 spiro atoms. The summed E-state index contributed by atoms with van der Waals surface area (Å²) in [7, 11) is 1.48. The summed E-state index contributed by atoms with van der Waals surface area (Å²) in [5.41, 5.74) is -1.25. The van der Waals surface area contributed by atoms with Crippen molar-refractivity contribution in [3.63, 3.8) is 0 Å². The zero-order chi connectivity index (χ0) is 13.9. The van der Waals surface area contributed by atoms with Gasteiger partial charge in [-0.15, -0.1) is 11.3 Å². The highest BCUT2D eigenvalue weighted by molar-refractivity contribution is 7.12. The van der Waals surface area contributed by atoms with E-state index < -0.39 is 11.5 Å². The molecule has 5 nitrogen and oxygen atoms in total. The number of carboxylic acids is 1. The summed E-state index contributed by atoms with van der Waals surface area (Å²) < 4.78 is 5.09. The van der Waals surface area contributed by atoms with Crippen LogP contribution >= 0.6 is 11.3 Å². The number of nitrogens with zero attached hydrogens (tertiary/aromatic N) is 1. The lowest BCUT2D eigenvalue weighted by molar-refractivity contribution is -0.147. The van der Waals surface area contributed by atoms with E-state index in [4.69, 9.17) is 4.74 Å². The molecule has 0 aromatic carbocycles. The highest BCUT2D eigenvalue weighted by Gasteiger charge is 2.38. The van der Waals surface area contributed by atoms with Crippen LogP contribution < -0.4 is 4.74 Å². The minimum atomic E-state index is -1.25. The number of amides is 1. The quantitative estimate of drug-likeness (QED) is 0.890. The second-order valence-corrected chi connectivity index (χ2v) is 5.15. The van der Waals surface area contributed by atoms with Crippen LogP contribution in [0, 0.1) is 0 Å². The molecular formula is C12H17NO4S. The molecule has 0 aliphatic heterocycles. The molecule has 1 N–H and O–H groups in total. The molecule has 0 bridgehead atoms. The molecule has 0 atom stereocenters. The monoisotopic (exact) mass is 271 g/mol. The Hall–Kier alpha value is -1.56. The third kappa shape index (κ3) is 2.48. The summed E-state index contributed by atoms with van der Waals surface area (Å²) >= 11 is 1.24. The number of thiophene rings is 1. The number of hydrogen-bond donors (Lipinski definition) is 1. The third-order valence-corrected chi connectivity index (χ3v) is 3.69. The normalized spacial score (nSPS) is 11.1. The van der Waals surface area contributed by atoms with E-state index in [1.54, 1.807) is 18.4 Å². The fourth-order valence-electron chi connectivity index (χ4n) is 1.64. The van der Waals surface area contributed by atoms with Crippen molar-refractivity contribution < 1.29 is 19.4 Å². The Morgan fingerprint density at radius 1 is 1.50 bits per heavy atom. The minimum Gasteiger partial charge on any atom is -0.495 e. The molecule has 0 aliphatic carbocycles. The van der Waals surface area contributed by atoms with Crippen LogP contribution in [-0.2, 0) is 4.79 Å². The van der Waals surface area contributed by atoms with E-state index in [0.717, 1.165) is 0 Å². The lowest BCUT2D eigenvalue weighted by Crippen LogP contribution is -2.52. The Labute approximate surface area is 110 Å². The zero-order valence-corrected chi connectivity index (χ0v) is 11.7. The predicted octanol–water partition coefficient (Wildman–Crippen LogP) is 2.08. The molecule has 1 heterocycles. The van der Waals surface area contributed by atoms with Gasteiger partial charge in [-0.1, -0.05) is 0 Å². The smallest absolute Gasteiger partial charge is 0.329 e. The van der Waals surface area contributed by atoms with Crippen LogP contribution in [0.15, 0.2) is 11.4 Å². The van der Waals surface area contributed by atoms with Gasteiger partial charge in [-0.3, -0.25) is 4.79 Å². The van der Waals surface area contributed by atoms with Crippen LogP contribution in [0.4, 0.5) is 0 Å². The van der Waals surface area contributed by atoms with Gasteiger partial charge in [0, 0.05) is 6.54 Å². The van der Waals surface area contributed by atoms with Gasteiger partial charge in [-0.25, -0.2) is 4.79 Å². The first-order valence-corrected chi connectivity index (χ1v) is 6.41. The standard InChI is InChI=1S/C12H17NO4S/c1-5-13(12(2,3)11(15)16)10(14)9-8(17-4)6-7-18-9/h6-7H,5H2,1-4H3,(H,15,16). The second kappa shape index (κ2) is 5.39. The molecule has 0 aliphatic rings. The molecule has 1 amide bonds. The number of likely N-dealkylation sites (N-methyl/N-ethyl adjacent to an activating group) is 1. The molecule has 100 valence electrons. The summed E-state index contributed by atoms with van der Waals surface area (Å²) in [6, 6.07) is 1.69. The maximum Gasteiger partial charge on any atom is 0.329 e. The molecule has 1 rings (SSSR count). The Kier molecular flexibility index (Phi) is 4.34. The van der Waals surface area contributed by atoms with Crippen molar-refractivity contribution >= 4 is 23.2 Å². The second-order valence-electron chi connectivity index (χ2n) is 4.23. The number of hydrogen-bond acceptors (Lipinski definition) is 4. The van der Waals surface area contributed by atoms with Gasteiger partial charge in [0.2, 0.25) is 0 Å². The number of carboxylic acid groups (broad SMARTS) is 1. The van der Waals surface area contributed by atoms with Crippen molar-refractivity contribution in [3.05, 3.63) is 16.3 Å². The Morgan fingerprint density at radius 3 is 2.56 bits per heavy atom. The third-order valence-electron chi connectivity index (χ3n) is 2.80. The molecule has 0 saturated carbocycles. The lowest BCUT2D eigenvalue weighted by Gasteiger charge is -2.34. The molecule has 1 aromatic rings. The van der Waals surface area contributed by atoms with E-state index >= 15 is 0 Å². The molecule has 0 radical (unpaired) electrons. The molecule has 0 unspecified atom stereocenters. The maximum atomic E-state index is 12.4. The molecule has 6 heteroatoms. The van der Waals surface area contributed by atoms with Gasteiger partial charge in [0.15, 0.2) is 0 Å². The van der Waals surface area contributed by atoms with Gasteiger partial charge in [0.05, 0.1) is 7.11 Å². The Morgan fingerprint density at radius 2 is 2.11 bits per heavy atom. The topological polar surface area (TPSA) is 66.8 Å². The van der Waals surface area contributed by atoms with E-state index in [-0.39, 0.29) is 5.91 Å². The highest BCUT2D eigenvalue weighted by atomic mass is 32.1. The van der Waals surface area contributed by atoms with Crippen LogP contribution in [0.5, 0.6) is 5.75 Å². The Balaban J connectivity index is 3.11. The van der Waals surface area contributed by atoms with Gasteiger partial charge >= 0.3 is 5.97 Å². The Bertz CT molecular complexity index is 453. The first-order chi connectivity index (χ1) is 8.36. The average molecular weight is 271 g/mol. The molecule has 1 aromatic heterocycles. The van der Waals surface area contributed by atoms with E-state index in [2.05, 4.69) is 0 Å². The molecule has 0 saturated heterocycles. The largest absolute Gasteiger partial charge is 0.495 e. The minimum absolute atomic E-state index is 0.319. The number of ether oxygens (including phenoxy) is 1. The highest BCUT2D eigenvalue weighted by Crippen LogP contribution is 2.28. The van der Waals surface area contributed by atoms with Crippen molar-refractivity contribution in [3.8, 4) is 5.75 Å². The van der Waals surface area contributed by atoms with E-state index in [1.165, 1.54) is 37.2 Å². The van der Waals surface area contributed by atoms with Crippen LogP contribution in [0.1, 0.15) is 30.4 Å². The van der Waals surface area contributed by atoms with Crippen molar-refractivity contribution in [1.29, 1.82) is 0 Å². The summed E-state index contributed by atoms with van der Waals surface area (Å²) in [6.07, 6.45) is 0. The number of methoxy groups -OCH3 is 1. The average Bonchev–Trinajstić information content (AvgIpc) is 2.77. The number of carbonyl (C=O) groups is 2. The molecule has 18 heavy (non-hydrogen) atoms. The van der Waals surface area contributed by atoms with Crippen molar-refractivity contribution in [1.82, 2.24) is 4.90 Å². The van der Waals surface area contributed by atoms with E-state index in [1.807, 2.05) is 0 Å². The van der Waals surface area contributed by atoms with Gasteiger partial charge < -0.3 is 14.7 Å². The zero-order valence-electron chi connectivity index (χ0n) is 10.9. The SMILES string of the molecule is CCN(C(=O)c1sccc1OC)C(C)(C)C(=O)O. The predicted molar refractivity (Wildman–Crippen MR) is 69.3 cm³/mol. The van der Waals surface area contributed by atoms with Crippen LogP contribution in [0.2, 0.25) is 0 Å². The fraction of sp³-hybridized carbons (Fsp3) is 0.500. The lowest BCUT2D eigenvalue weighted by atomic mass is 10.0. The van der Waals surface area contributed by atoms with Gasteiger partial charge in [0.1, 0.15) is 16.2 Å². The fourth-order valence-corrected chi connectivity index (χ4v) is 2.45. The summed E-state index contributed by atoms with van der Waals surface area (Å²) in [5, 5.41) is 10.9. The number of carbonyl (C=O) groups excluding carboxylic acids is 1. The maximum absolute atomic E-state index is 12.4. The molecular weight excluding hydrogens is 254 g/mol. The first kappa shape index (κ1) is 14.5. The van der Waals surface area contributed by atoms with Gasteiger partial charge in [-0.2, -0.15) is 0 Å². The number of rotatable bonds is 5. The van der Waals surface area contributed by atoms with Crippen LogP contribution in [-0.4, -0.2) is 41.1 Å². The summed E-state index contributed by atoms with van der Waals surface area (Å²) in [6.45, 7) is 5.09. The summed E-state index contributed by atoms with van der Waals surface area (Å²) in [5.74, 6) is -0.880. The van der Waals surface area contributed by atoms with Crippen LogP contribution in [0.3, 0.4) is 0 Å². The van der Waals surface area contributed by atoms with Crippen molar-refractivity contribution in [2.75, 3.05) is 13.7 Å². The van der Waals surface area contributed by atoms with Gasteiger partial charge in [0.25, 0.3) is 5.91 Å². The van der Waals surface area contributed by atoms with Crippen molar-refractivity contribution in [2.45, 2.75) is 26.3 Å². The van der Waals surface area contributed by atoms with E-state index in [9.17, 15) is 14.7 Å². The van der Waals surface area contributed by atoms with Crippen molar-refractivity contribution in [2.24, 2.45) is 0 Å². The van der Waals surface area contributed by atoms with Crippen LogP contribution in [0.25, 0.3) is 0 Å². The first-order valence-electron chi connectivity index (χ1n) is 5.53. The van der Waals surface area contributed by atoms with E-state index in [0.29, 0.717) is 17.2 Å². The number of aliphatic carboxylic acids is 1.